The van der Waals surface area contributed by atoms with Crippen molar-refractivity contribution in [2.45, 2.75) is 6.92 Å². The summed E-state index contributed by atoms with van der Waals surface area (Å²) in [6.07, 6.45) is 0. The van der Waals surface area contributed by atoms with Crippen LogP contribution in [-0.2, 0) is 0 Å². The van der Waals surface area contributed by atoms with Crippen LogP contribution in [0.25, 0.3) is 0 Å². The Labute approximate surface area is 117 Å². The predicted octanol–water partition coefficient (Wildman–Crippen LogP) is 3.21. The molecule has 2 rings (SSSR count). The van der Waals surface area contributed by atoms with Crippen molar-refractivity contribution in [3.05, 3.63) is 52.2 Å². The Morgan fingerprint density at radius 3 is 2.79 bits per heavy atom. The van der Waals surface area contributed by atoms with E-state index < -0.39 is 0 Å². The Morgan fingerprint density at radius 1 is 1.32 bits per heavy atom. The lowest BCUT2D eigenvalue weighted by molar-refractivity contribution is 0.0774. The highest BCUT2D eigenvalue weighted by atomic mass is 32.1. The van der Waals surface area contributed by atoms with Crippen LogP contribution in [0.5, 0.6) is 5.75 Å². The molecule has 4 heteroatoms. The Bertz CT molecular complexity index is 537. The zero-order chi connectivity index (χ0) is 13.7. The van der Waals surface area contributed by atoms with Crippen LogP contribution in [0, 0.1) is 6.92 Å². The molecule has 0 N–H and O–H groups in total. The third-order valence-electron chi connectivity index (χ3n) is 2.89. The number of hydrogen-bond donors (Lipinski definition) is 0. The fraction of sp³-hybridized carbons (Fsp3) is 0.267. The highest BCUT2D eigenvalue weighted by Crippen LogP contribution is 2.16. The predicted molar refractivity (Wildman–Crippen MR) is 78.0 cm³/mol. The second-order valence-corrected chi connectivity index (χ2v) is 5.13. The molecule has 0 spiro atoms. The van der Waals surface area contributed by atoms with Crippen LogP contribution in [0.15, 0.2) is 41.1 Å². The molecule has 1 heterocycles. The quantitative estimate of drug-likeness (QED) is 0.838. The first-order valence-corrected chi connectivity index (χ1v) is 7.09. The largest absolute Gasteiger partial charge is 0.491 e. The van der Waals surface area contributed by atoms with Gasteiger partial charge in [0.05, 0.1) is 12.1 Å². The maximum atomic E-state index is 12.0. The van der Waals surface area contributed by atoms with Crippen molar-refractivity contribution < 1.29 is 9.53 Å². The molecule has 0 radical (unpaired) electrons. The second-order valence-electron chi connectivity index (χ2n) is 4.35. The zero-order valence-corrected chi connectivity index (χ0v) is 11.9. The van der Waals surface area contributed by atoms with Gasteiger partial charge in [-0.2, -0.15) is 11.3 Å². The Balaban J connectivity index is 1.83. The molecule has 2 aromatic rings. The SMILES string of the molecule is Cc1ccccc1OCCN(C)C(=O)c1ccsc1. The van der Waals surface area contributed by atoms with E-state index in [1.54, 1.807) is 11.9 Å². The summed E-state index contributed by atoms with van der Waals surface area (Å²) in [5.74, 6) is 0.911. The normalized spacial score (nSPS) is 10.2. The van der Waals surface area contributed by atoms with Crippen molar-refractivity contribution in [3.8, 4) is 5.75 Å². The van der Waals surface area contributed by atoms with E-state index in [4.69, 9.17) is 4.74 Å². The molecular weight excluding hydrogens is 258 g/mol. The lowest BCUT2D eigenvalue weighted by atomic mass is 10.2. The van der Waals surface area contributed by atoms with Gasteiger partial charge in [-0.25, -0.2) is 0 Å². The van der Waals surface area contributed by atoms with E-state index in [1.165, 1.54) is 11.3 Å². The van der Waals surface area contributed by atoms with E-state index >= 15 is 0 Å². The van der Waals surface area contributed by atoms with Crippen molar-refractivity contribution in [2.24, 2.45) is 0 Å². The van der Waals surface area contributed by atoms with Crippen LogP contribution in [0.2, 0.25) is 0 Å². The van der Waals surface area contributed by atoms with E-state index in [0.717, 1.165) is 16.9 Å². The number of benzene rings is 1. The number of ether oxygens (including phenoxy) is 1. The van der Waals surface area contributed by atoms with Crippen molar-refractivity contribution in [1.29, 1.82) is 0 Å². The van der Waals surface area contributed by atoms with Crippen molar-refractivity contribution in [2.75, 3.05) is 20.2 Å². The number of rotatable bonds is 5. The Hall–Kier alpha value is -1.81. The summed E-state index contributed by atoms with van der Waals surface area (Å²) in [7, 11) is 1.79. The lowest BCUT2D eigenvalue weighted by Gasteiger charge is -2.17. The van der Waals surface area contributed by atoms with Crippen LogP contribution in [0.4, 0.5) is 0 Å². The van der Waals surface area contributed by atoms with Crippen LogP contribution < -0.4 is 4.74 Å². The summed E-state index contributed by atoms with van der Waals surface area (Å²) in [6.45, 7) is 3.08. The number of carbonyl (C=O) groups is 1. The van der Waals surface area contributed by atoms with Gasteiger partial charge < -0.3 is 9.64 Å². The molecule has 0 aliphatic rings. The summed E-state index contributed by atoms with van der Waals surface area (Å²) in [5.41, 5.74) is 1.85. The molecule has 0 aliphatic carbocycles. The Morgan fingerprint density at radius 2 is 2.11 bits per heavy atom. The molecule has 1 aromatic carbocycles. The standard InChI is InChI=1S/C15H17NO2S/c1-12-5-3-4-6-14(12)18-9-8-16(2)15(17)13-7-10-19-11-13/h3-7,10-11H,8-9H2,1-2H3. The number of aryl methyl sites for hydroxylation is 1. The van der Waals surface area contributed by atoms with Gasteiger partial charge in [0.25, 0.3) is 5.91 Å². The molecule has 0 saturated heterocycles. The van der Waals surface area contributed by atoms with Gasteiger partial charge in [-0.15, -0.1) is 0 Å². The highest BCUT2D eigenvalue weighted by Gasteiger charge is 2.11. The molecule has 19 heavy (non-hydrogen) atoms. The van der Waals surface area contributed by atoms with E-state index in [9.17, 15) is 4.79 Å². The van der Waals surface area contributed by atoms with Gasteiger partial charge in [0.1, 0.15) is 12.4 Å². The minimum atomic E-state index is 0.0367. The van der Waals surface area contributed by atoms with Crippen molar-refractivity contribution >= 4 is 17.2 Å². The van der Waals surface area contributed by atoms with Gasteiger partial charge in [-0.1, -0.05) is 18.2 Å². The minimum absolute atomic E-state index is 0.0367. The molecule has 100 valence electrons. The summed E-state index contributed by atoms with van der Waals surface area (Å²) in [6, 6.07) is 9.72. The second kappa shape index (κ2) is 6.38. The van der Waals surface area contributed by atoms with E-state index in [1.807, 2.05) is 48.0 Å². The number of thiophene rings is 1. The molecule has 0 fully saturated rings. The molecule has 0 unspecified atom stereocenters. The van der Waals surface area contributed by atoms with Crippen molar-refractivity contribution in [1.82, 2.24) is 4.90 Å². The molecule has 3 nitrogen and oxygen atoms in total. The molecule has 0 bridgehead atoms. The van der Waals surface area contributed by atoms with Gasteiger partial charge in [-0.05, 0) is 30.0 Å². The number of para-hydroxylation sites is 1. The van der Waals surface area contributed by atoms with Crippen LogP contribution in [0.1, 0.15) is 15.9 Å². The van der Waals surface area contributed by atoms with Gasteiger partial charge in [0, 0.05) is 12.4 Å². The van der Waals surface area contributed by atoms with Gasteiger partial charge >= 0.3 is 0 Å². The van der Waals surface area contributed by atoms with Gasteiger partial charge in [-0.3, -0.25) is 4.79 Å². The van der Waals surface area contributed by atoms with Crippen LogP contribution in [0.3, 0.4) is 0 Å². The van der Waals surface area contributed by atoms with Crippen LogP contribution >= 0.6 is 11.3 Å². The average molecular weight is 275 g/mol. The molecule has 0 saturated carbocycles. The number of amides is 1. The first kappa shape index (κ1) is 13.6. The van der Waals surface area contributed by atoms with Gasteiger partial charge in [0.15, 0.2) is 0 Å². The molecule has 1 amide bonds. The molecule has 0 atom stereocenters. The number of carbonyl (C=O) groups excluding carboxylic acids is 1. The summed E-state index contributed by atoms with van der Waals surface area (Å²) in [4.78, 5) is 13.7. The summed E-state index contributed by atoms with van der Waals surface area (Å²) < 4.78 is 5.68. The van der Waals surface area contributed by atoms with E-state index in [0.29, 0.717) is 13.2 Å². The molecule has 0 aliphatic heterocycles. The smallest absolute Gasteiger partial charge is 0.254 e. The Kier molecular flexibility index (Phi) is 4.58. The lowest BCUT2D eigenvalue weighted by Crippen LogP contribution is -2.30. The topological polar surface area (TPSA) is 29.5 Å². The average Bonchev–Trinajstić information content (AvgIpc) is 2.94. The minimum Gasteiger partial charge on any atom is -0.491 e. The van der Waals surface area contributed by atoms with Crippen molar-refractivity contribution in [3.63, 3.8) is 0 Å². The highest BCUT2D eigenvalue weighted by molar-refractivity contribution is 7.08. The number of likely N-dealkylation sites (N-methyl/N-ethyl adjacent to an activating group) is 1. The maximum absolute atomic E-state index is 12.0. The maximum Gasteiger partial charge on any atom is 0.254 e. The number of nitrogens with zero attached hydrogens (tertiary/aromatic N) is 1. The van der Waals surface area contributed by atoms with E-state index in [-0.39, 0.29) is 5.91 Å². The van der Waals surface area contributed by atoms with Crippen LogP contribution in [-0.4, -0.2) is 31.0 Å². The molecular formula is C15H17NO2S. The fourth-order valence-electron chi connectivity index (χ4n) is 1.72. The summed E-state index contributed by atoms with van der Waals surface area (Å²) >= 11 is 1.53. The van der Waals surface area contributed by atoms with Gasteiger partial charge in [0.2, 0.25) is 0 Å². The van der Waals surface area contributed by atoms with E-state index in [2.05, 4.69) is 0 Å². The summed E-state index contributed by atoms with van der Waals surface area (Å²) in [5, 5.41) is 3.77. The molecule has 1 aromatic heterocycles. The first-order chi connectivity index (χ1) is 9.18. The third kappa shape index (κ3) is 3.58. The number of hydrogen-bond acceptors (Lipinski definition) is 3. The third-order valence-corrected chi connectivity index (χ3v) is 3.58. The fourth-order valence-corrected chi connectivity index (χ4v) is 2.35. The first-order valence-electron chi connectivity index (χ1n) is 6.14. The monoisotopic (exact) mass is 275 g/mol. The zero-order valence-electron chi connectivity index (χ0n) is 11.1.